The summed E-state index contributed by atoms with van der Waals surface area (Å²) in [5, 5.41) is 15.3. The van der Waals surface area contributed by atoms with Gasteiger partial charge < -0.3 is 25.2 Å². The van der Waals surface area contributed by atoms with E-state index in [1.54, 1.807) is 45.0 Å². The number of ether oxygens (including phenoxy) is 2. The van der Waals surface area contributed by atoms with Crippen LogP contribution in [0.25, 0.3) is 0 Å². The minimum absolute atomic E-state index is 0.289. The number of rotatable bonds is 6. The quantitative estimate of drug-likeness (QED) is 0.703. The summed E-state index contributed by atoms with van der Waals surface area (Å²) in [7, 11) is 0. The molecule has 0 unspecified atom stereocenters. The van der Waals surface area contributed by atoms with Gasteiger partial charge in [-0.1, -0.05) is 18.2 Å². The molecule has 2 aromatic carbocycles. The first-order valence-corrected chi connectivity index (χ1v) is 8.89. The Bertz CT molecular complexity index is 796. The minimum Gasteiger partial charge on any atom is -0.457 e. The number of aliphatic hydroxyl groups is 1. The zero-order valence-corrected chi connectivity index (χ0v) is 16.5. The maximum absolute atomic E-state index is 12.3. The SMILES string of the molecule is CC(C)(C)OC(=O)NC[C@](C)(O)C(=O)Nc1ccc(Oc2ccccc2)cc1. The number of carbonyl (C=O) groups is 2. The second-order valence-corrected chi connectivity index (χ2v) is 7.52. The minimum atomic E-state index is -1.81. The first kappa shape index (κ1) is 21.2. The molecule has 0 heterocycles. The van der Waals surface area contributed by atoms with Crippen LogP contribution < -0.4 is 15.4 Å². The fourth-order valence-corrected chi connectivity index (χ4v) is 2.14. The van der Waals surface area contributed by atoms with E-state index in [-0.39, 0.29) is 6.54 Å². The maximum atomic E-state index is 12.3. The van der Waals surface area contributed by atoms with E-state index in [1.165, 1.54) is 6.92 Å². The molecule has 0 radical (unpaired) electrons. The van der Waals surface area contributed by atoms with Crippen LogP contribution in [0.3, 0.4) is 0 Å². The summed E-state index contributed by atoms with van der Waals surface area (Å²) in [6.45, 7) is 6.20. The van der Waals surface area contributed by atoms with Crippen LogP contribution in [0.4, 0.5) is 10.5 Å². The summed E-state index contributed by atoms with van der Waals surface area (Å²) >= 11 is 0. The molecule has 1 atom stereocenters. The number of benzene rings is 2. The van der Waals surface area contributed by atoms with E-state index >= 15 is 0 Å². The van der Waals surface area contributed by atoms with E-state index in [2.05, 4.69) is 10.6 Å². The van der Waals surface area contributed by atoms with Crippen LogP contribution in [-0.4, -0.2) is 34.9 Å². The van der Waals surface area contributed by atoms with E-state index in [0.717, 1.165) is 0 Å². The molecule has 0 fully saturated rings. The number of alkyl carbamates (subject to hydrolysis) is 1. The molecule has 7 nitrogen and oxygen atoms in total. The lowest BCUT2D eigenvalue weighted by Gasteiger charge is -2.24. The summed E-state index contributed by atoms with van der Waals surface area (Å²) in [5.41, 5.74) is -1.99. The standard InChI is InChI=1S/C21H26N2O5/c1-20(2,3)28-19(25)22-14-21(4,26)18(24)23-15-10-12-17(13-11-15)27-16-8-6-5-7-9-16/h5-13,26H,14H2,1-4H3,(H,22,25)(H,23,24)/t21-/m0/s1. The first-order chi connectivity index (χ1) is 13.0. The van der Waals surface area contributed by atoms with Gasteiger partial charge in [-0.25, -0.2) is 4.79 Å². The maximum Gasteiger partial charge on any atom is 0.407 e. The lowest BCUT2D eigenvalue weighted by Crippen LogP contribution is -2.50. The van der Waals surface area contributed by atoms with E-state index < -0.39 is 23.2 Å². The molecule has 3 N–H and O–H groups in total. The van der Waals surface area contributed by atoms with Gasteiger partial charge >= 0.3 is 6.09 Å². The van der Waals surface area contributed by atoms with Crippen molar-refractivity contribution in [3.63, 3.8) is 0 Å². The van der Waals surface area contributed by atoms with Crippen molar-refractivity contribution in [2.24, 2.45) is 0 Å². The van der Waals surface area contributed by atoms with Gasteiger partial charge in [0.05, 0.1) is 6.54 Å². The first-order valence-electron chi connectivity index (χ1n) is 8.89. The van der Waals surface area contributed by atoms with E-state index in [1.807, 2.05) is 30.3 Å². The third-order valence-corrected chi connectivity index (χ3v) is 3.56. The molecule has 0 spiro atoms. The van der Waals surface area contributed by atoms with Crippen molar-refractivity contribution in [1.82, 2.24) is 5.32 Å². The highest BCUT2D eigenvalue weighted by Crippen LogP contribution is 2.23. The van der Waals surface area contributed by atoms with Crippen LogP contribution in [0.5, 0.6) is 11.5 Å². The Balaban J connectivity index is 1.89. The number of anilines is 1. The van der Waals surface area contributed by atoms with Gasteiger partial charge in [-0.2, -0.15) is 0 Å². The number of para-hydroxylation sites is 1. The molecule has 0 bridgehead atoms. The van der Waals surface area contributed by atoms with E-state index in [0.29, 0.717) is 17.2 Å². The predicted octanol–water partition coefficient (Wildman–Crippen LogP) is 3.69. The van der Waals surface area contributed by atoms with Crippen molar-refractivity contribution in [2.75, 3.05) is 11.9 Å². The molecule has 7 heteroatoms. The van der Waals surface area contributed by atoms with Crippen molar-refractivity contribution >= 4 is 17.7 Å². The van der Waals surface area contributed by atoms with Crippen LogP contribution in [-0.2, 0) is 9.53 Å². The second-order valence-electron chi connectivity index (χ2n) is 7.52. The molecule has 2 amide bonds. The monoisotopic (exact) mass is 386 g/mol. The number of amides is 2. The zero-order chi connectivity index (χ0) is 20.8. The topological polar surface area (TPSA) is 96.9 Å². The van der Waals surface area contributed by atoms with Gasteiger partial charge in [0.1, 0.15) is 17.1 Å². The van der Waals surface area contributed by atoms with Crippen LogP contribution in [0.2, 0.25) is 0 Å². The van der Waals surface area contributed by atoms with Gasteiger partial charge in [-0.15, -0.1) is 0 Å². The Morgan fingerprint density at radius 2 is 1.50 bits per heavy atom. The molecular weight excluding hydrogens is 360 g/mol. The van der Waals surface area contributed by atoms with Crippen molar-refractivity contribution in [2.45, 2.75) is 38.9 Å². The Labute approximate surface area is 164 Å². The van der Waals surface area contributed by atoms with Crippen molar-refractivity contribution in [1.29, 1.82) is 0 Å². The second kappa shape index (κ2) is 8.75. The highest BCUT2D eigenvalue weighted by Gasteiger charge is 2.31. The largest absolute Gasteiger partial charge is 0.457 e. The normalized spacial score (nSPS) is 13.2. The van der Waals surface area contributed by atoms with Crippen LogP contribution >= 0.6 is 0 Å². The number of hydrogen-bond donors (Lipinski definition) is 3. The summed E-state index contributed by atoms with van der Waals surface area (Å²) in [5.74, 6) is 0.665. The third-order valence-electron chi connectivity index (χ3n) is 3.56. The molecule has 0 aromatic heterocycles. The van der Waals surface area contributed by atoms with Crippen molar-refractivity contribution in [3.05, 3.63) is 54.6 Å². The molecule has 0 saturated heterocycles. The molecule has 2 rings (SSSR count). The molecule has 0 saturated carbocycles. The number of carbonyl (C=O) groups excluding carboxylic acids is 2. The molecule has 150 valence electrons. The summed E-state index contributed by atoms with van der Waals surface area (Å²) in [6, 6.07) is 16.0. The highest BCUT2D eigenvalue weighted by molar-refractivity contribution is 5.97. The van der Waals surface area contributed by atoms with Crippen LogP contribution in [0.1, 0.15) is 27.7 Å². The van der Waals surface area contributed by atoms with Gasteiger partial charge in [0, 0.05) is 5.69 Å². The molecule has 2 aromatic rings. The fourth-order valence-electron chi connectivity index (χ4n) is 2.14. The summed E-state index contributed by atoms with van der Waals surface area (Å²) in [4.78, 5) is 24.0. The molecule has 0 aliphatic carbocycles. The zero-order valence-electron chi connectivity index (χ0n) is 16.5. The Morgan fingerprint density at radius 1 is 0.929 bits per heavy atom. The molecule has 28 heavy (non-hydrogen) atoms. The average molecular weight is 386 g/mol. The smallest absolute Gasteiger partial charge is 0.407 e. The number of nitrogens with one attached hydrogen (secondary N) is 2. The summed E-state index contributed by atoms with van der Waals surface area (Å²) in [6.07, 6.45) is -0.706. The molecule has 0 aliphatic rings. The van der Waals surface area contributed by atoms with Crippen molar-refractivity contribution in [3.8, 4) is 11.5 Å². The number of hydrogen-bond acceptors (Lipinski definition) is 5. The van der Waals surface area contributed by atoms with Gasteiger partial charge in [0.2, 0.25) is 0 Å². The predicted molar refractivity (Wildman–Crippen MR) is 106 cm³/mol. The molecule has 0 aliphatic heterocycles. The summed E-state index contributed by atoms with van der Waals surface area (Å²) < 4.78 is 10.8. The van der Waals surface area contributed by atoms with Gasteiger partial charge in [0.15, 0.2) is 5.60 Å². The lowest BCUT2D eigenvalue weighted by atomic mass is 10.1. The highest BCUT2D eigenvalue weighted by atomic mass is 16.6. The average Bonchev–Trinajstić information content (AvgIpc) is 2.61. The van der Waals surface area contributed by atoms with Crippen molar-refractivity contribution < 1.29 is 24.2 Å². The van der Waals surface area contributed by atoms with E-state index in [4.69, 9.17) is 9.47 Å². The fraction of sp³-hybridized carbons (Fsp3) is 0.333. The molecular formula is C21H26N2O5. The Morgan fingerprint density at radius 3 is 2.07 bits per heavy atom. The third kappa shape index (κ3) is 6.92. The van der Waals surface area contributed by atoms with Crippen LogP contribution in [0.15, 0.2) is 54.6 Å². The Kier molecular flexibility index (Phi) is 6.64. The van der Waals surface area contributed by atoms with Crippen LogP contribution in [0, 0.1) is 0 Å². The van der Waals surface area contributed by atoms with Gasteiger partial charge in [0.25, 0.3) is 5.91 Å². The lowest BCUT2D eigenvalue weighted by molar-refractivity contribution is -0.131. The van der Waals surface area contributed by atoms with E-state index in [9.17, 15) is 14.7 Å². The Hall–Kier alpha value is -3.06. The van der Waals surface area contributed by atoms with Gasteiger partial charge in [-0.3, -0.25) is 4.79 Å². The van der Waals surface area contributed by atoms with Gasteiger partial charge in [-0.05, 0) is 64.1 Å².